The van der Waals surface area contributed by atoms with E-state index in [0.717, 1.165) is 30.9 Å². The van der Waals surface area contributed by atoms with Gasteiger partial charge in [0.1, 0.15) is 5.75 Å². The Morgan fingerprint density at radius 2 is 2.29 bits per heavy atom. The van der Waals surface area contributed by atoms with E-state index in [1.54, 1.807) is 0 Å². The molecule has 0 amide bonds. The SMILES string of the molecule is OCc1cccc(OCCC2CCCCN2)c1. The summed E-state index contributed by atoms with van der Waals surface area (Å²) in [6.45, 7) is 1.96. The van der Waals surface area contributed by atoms with Crippen molar-refractivity contribution in [2.45, 2.75) is 38.3 Å². The molecule has 0 bridgehead atoms. The highest BCUT2D eigenvalue weighted by atomic mass is 16.5. The Hall–Kier alpha value is -1.06. The lowest BCUT2D eigenvalue weighted by molar-refractivity contribution is 0.264. The second-order valence-electron chi connectivity index (χ2n) is 4.59. The average Bonchev–Trinajstić information content (AvgIpc) is 2.40. The van der Waals surface area contributed by atoms with Gasteiger partial charge in [0.25, 0.3) is 0 Å². The van der Waals surface area contributed by atoms with E-state index in [1.807, 2.05) is 24.3 Å². The average molecular weight is 235 g/mol. The van der Waals surface area contributed by atoms with Gasteiger partial charge in [0.2, 0.25) is 0 Å². The predicted octanol–water partition coefficient (Wildman–Crippen LogP) is 2.09. The van der Waals surface area contributed by atoms with Crippen molar-refractivity contribution >= 4 is 0 Å². The zero-order valence-electron chi connectivity index (χ0n) is 10.2. The predicted molar refractivity (Wildman–Crippen MR) is 68.1 cm³/mol. The molecule has 3 heteroatoms. The Labute approximate surface area is 103 Å². The molecule has 1 saturated heterocycles. The van der Waals surface area contributed by atoms with Crippen LogP contribution in [0.15, 0.2) is 24.3 Å². The third kappa shape index (κ3) is 4.02. The monoisotopic (exact) mass is 235 g/mol. The Kier molecular flexibility index (Phi) is 4.83. The van der Waals surface area contributed by atoms with E-state index in [0.29, 0.717) is 6.04 Å². The van der Waals surface area contributed by atoms with Crippen LogP contribution in [0.3, 0.4) is 0 Å². The van der Waals surface area contributed by atoms with Crippen LogP contribution in [0, 0.1) is 0 Å². The van der Waals surface area contributed by atoms with Crippen LogP contribution in [0.1, 0.15) is 31.2 Å². The first-order valence-electron chi connectivity index (χ1n) is 6.44. The van der Waals surface area contributed by atoms with Gasteiger partial charge in [-0.3, -0.25) is 0 Å². The fraction of sp³-hybridized carbons (Fsp3) is 0.571. The first kappa shape index (κ1) is 12.4. The molecule has 0 saturated carbocycles. The summed E-state index contributed by atoms with van der Waals surface area (Å²) in [5.74, 6) is 0.854. The van der Waals surface area contributed by atoms with Gasteiger partial charge in [0.05, 0.1) is 13.2 Å². The van der Waals surface area contributed by atoms with E-state index in [2.05, 4.69) is 5.32 Å². The number of aliphatic hydroxyl groups is 1. The molecule has 1 aliphatic rings. The van der Waals surface area contributed by atoms with E-state index < -0.39 is 0 Å². The number of benzene rings is 1. The summed E-state index contributed by atoms with van der Waals surface area (Å²) in [4.78, 5) is 0. The molecule has 3 nitrogen and oxygen atoms in total. The highest BCUT2D eigenvalue weighted by Crippen LogP contribution is 2.15. The van der Waals surface area contributed by atoms with Crippen molar-refractivity contribution in [2.75, 3.05) is 13.2 Å². The van der Waals surface area contributed by atoms with Crippen molar-refractivity contribution in [3.8, 4) is 5.75 Å². The molecule has 1 unspecified atom stereocenters. The lowest BCUT2D eigenvalue weighted by atomic mass is 10.0. The Balaban J connectivity index is 1.73. The highest BCUT2D eigenvalue weighted by molar-refractivity contribution is 5.27. The summed E-state index contributed by atoms with van der Waals surface area (Å²) in [5, 5.41) is 12.5. The summed E-state index contributed by atoms with van der Waals surface area (Å²) in [5.41, 5.74) is 0.901. The number of hydrogen-bond donors (Lipinski definition) is 2. The number of hydrogen-bond acceptors (Lipinski definition) is 3. The molecule has 1 aromatic carbocycles. The summed E-state index contributed by atoms with van der Waals surface area (Å²) in [6.07, 6.45) is 4.96. The van der Waals surface area contributed by atoms with Crippen molar-refractivity contribution in [3.05, 3.63) is 29.8 Å². The van der Waals surface area contributed by atoms with E-state index >= 15 is 0 Å². The van der Waals surface area contributed by atoms with Crippen LogP contribution < -0.4 is 10.1 Å². The van der Waals surface area contributed by atoms with Gasteiger partial charge in [-0.25, -0.2) is 0 Å². The van der Waals surface area contributed by atoms with Gasteiger partial charge >= 0.3 is 0 Å². The standard InChI is InChI=1S/C14H21NO2/c16-11-12-4-3-6-14(10-12)17-9-7-13-5-1-2-8-15-13/h3-4,6,10,13,15-16H,1-2,5,7-9,11H2. The number of piperidine rings is 1. The van der Waals surface area contributed by atoms with Crippen LogP contribution in [-0.2, 0) is 6.61 Å². The summed E-state index contributed by atoms with van der Waals surface area (Å²) in [6, 6.07) is 8.27. The molecule has 1 aliphatic heterocycles. The summed E-state index contributed by atoms with van der Waals surface area (Å²) in [7, 11) is 0. The maximum atomic E-state index is 9.03. The number of aliphatic hydroxyl groups excluding tert-OH is 1. The van der Waals surface area contributed by atoms with Gasteiger partial charge in [0, 0.05) is 6.04 Å². The van der Waals surface area contributed by atoms with Crippen molar-refractivity contribution in [1.29, 1.82) is 0 Å². The highest BCUT2D eigenvalue weighted by Gasteiger charge is 2.11. The van der Waals surface area contributed by atoms with Gasteiger partial charge in [-0.15, -0.1) is 0 Å². The molecular weight excluding hydrogens is 214 g/mol. The maximum absolute atomic E-state index is 9.03. The molecule has 0 aromatic heterocycles. The number of rotatable bonds is 5. The van der Waals surface area contributed by atoms with Gasteiger partial charge in [0.15, 0.2) is 0 Å². The largest absolute Gasteiger partial charge is 0.494 e. The fourth-order valence-electron chi connectivity index (χ4n) is 2.22. The van der Waals surface area contributed by atoms with Gasteiger partial charge in [-0.2, -0.15) is 0 Å². The Morgan fingerprint density at radius 3 is 3.06 bits per heavy atom. The lowest BCUT2D eigenvalue weighted by Crippen LogP contribution is -2.35. The van der Waals surface area contributed by atoms with Crippen LogP contribution in [0.4, 0.5) is 0 Å². The molecule has 2 N–H and O–H groups in total. The Bertz CT molecular complexity index is 335. The third-order valence-corrected chi connectivity index (χ3v) is 3.23. The molecular formula is C14H21NO2. The van der Waals surface area contributed by atoms with E-state index in [9.17, 15) is 0 Å². The van der Waals surface area contributed by atoms with Gasteiger partial charge in [-0.05, 0) is 43.5 Å². The normalized spacial score (nSPS) is 20.2. The maximum Gasteiger partial charge on any atom is 0.119 e. The molecule has 0 radical (unpaired) electrons. The first-order valence-corrected chi connectivity index (χ1v) is 6.44. The van der Waals surface area contributed by atoms with Crippen molar-refractivity contribution in [2.24, 2.45) is 0 Å². The van der Waals surface area contributed by atoms with Crippen LogP contribution >= 0.6 is 0 Å². The van der Waals surface area contributed by atoms with Crippen molar-refractivity contribution in [1.82, 2.24) is 5.32 Å². The minimum atomic E-state index is 0.0708. The molecule has 94 valence electrons. The van der Waals surface area contributed by atoms with E-state index in [1.165, 1.54) is 19.3 Å². The summed E-state index contributed by atoms with van der Waals surface area (Å²) >= 11 is 0. The minimum absolute atomic E-state index is 0.0708. The molecule has 17 heavy (non-hydrogen) atoms. The molecule has 2 rings (SSSR count). The van der Waals surface area contributed by atoms with Crippen LogP contribution in [-0.4, -0.2) is 24.3 Å². The molecule has 1 atom stereocenters. The van der Waals surface area contributed by atoms with Crippen LogP contribution in [0.5, 0.6) is 5.75 Å². The zero-order chi connectivity index (χ0) is 11.9. The number of ether oxygens (including phenoxy) is 1. The molecule has 0 aliphatic carbocycles. The minimum Gasteiger partial charge on any atom is -0.494 e. The molecule has 1 heterocycles. The van der Waals surface area contributed by atoms with Gasteiger partial charge < -0.3 is 15.2 Å². The van der Waals surface area contributed by atoms with E-state index in [-0.39, 0.29) is 6.61 Å². The second kappa shape index (κ2) is 6.62. The number of nitrogens with one attached hydrogen (secondary N) is 1. The second-order valence-corrected chi connectivity index (χ2v) is 4.59. The Morgan fingerprint density at radius 1 is 1.35 bits per heavy atom. The molecule has 1 aromatic rings. The van der Waals surface area contributed by atoms with Crippen LogP contribution in [0.25, 0.3) is 0 Å². The first-order chi connectivity index (χ1) is 8.38. The zero-order valence-corrected chi connectivity index (χ0v) is 10.2. The lowest BCUT2D eigenvalue weighted by Gasteiger charge is -2.23. The molecule has 1 fully saturated rings. The quantitative estimate of drug-likeness (QED) is 0.821. The van der Waals surface area contributed by atoms with Crippen LogP contribution in [0.2, 0.25) is 0 Å². The fourth-order valence-corrected chi connectivity index (χ4v) is 2.22. The molecule has 0 spiro atoms. The van der Waals surface area contributed by atoms with E-state index in [4.69, 9.17) is 9.84 Å². The van der Waals surface area contributed by atoms with Crippen molar-refractivity contribution < 1.29 is 9.84 Å². The van der Waals surface area contributed by atoms with Gasteiger partial charge in [-0.1, -0.05) is 18.6 Å². The summed E-state index contributed by atoms with van der Waals surface area (Å²) < 4.78 is 5.70. The smallest absolute Gasteiger partial charge is 0.119 e. The topological polar surface area (TPSA) is 41.5 Å². The van der Waals surface area contributed by atoms with Crippen molar-refractivity contribution in [3.63, 3.8) is 0 Å². The third-order valence-electron chi connectivity index (χ3n) is 3.23.